The normalized spacial score (nSPS) is 21.0. The maximum absolute atomic E-state index is 2.75. The SMILES string of the molecule is CCCCC1(CCCC)C=CC(CCCC)(CCCC)c2cc3c(cc21)C=CC3CCC1C=Cc2ccccc21. The van der Waals surface area contributed by atoms with Crippen LogP contribution in [0.15, 0.2) is 60.7 Å². The molecular formula is C40H54. The molecule has 0 N–H and O–H groups in total. The van der Waals surface area contributed by atoms with Gasteiger partial charge in [0.1, 0.15) is 0 Å². The maximum atomic E-state index is 2.75. The Morgan fingerprint density at radius 1 is 0.550 bits per heavy atom. The van der Waals surface area contributed by atoms with E-state index >= 15 is 0 Å². The monoisotopic (exact) mass is 534 g/mol. The van der Waals surface area contributed by atoms with Crippen molar-refractivity contribution in [1.29, 1.82) is 0 Å². The fourth-order valence-electron chi connectivity index (χ4n) is 8.02. The van der Waals surface area contributed by atoms with Crippen molar-refractivity contribution in [3.63, 3.8) is 0 Å². The summed E-state index contributed by atoms with van der Waals surface area (Å²) in [6.45, 7) is 9.46. The third kappa shape index (κ3) is 5.70. The van der Waals surface area contributed by atoms with E-state index in [1.165, 1.54) is 107 Å². The number of allylic oxidation sites excluding steroid dienone is 4. The Morgan fingerprint density at radius 2 is 1.02 bits per heavy atom. The zero-order valence-corrected chi connectivity index (χ0v) is 26.0. The Hall–Kier alpha value is -2.34. The Bertz CT molecular complexity index is 1200. The van der Waals surface area contributed by atoms with Gasteiger partial charge in [-0.05, 0) is 71.9 Å². The molecule has 0 heteroatoms. The minimum Gasteiger partial charge on any atom is -0.0770 e. The molecule has 0 spiro atoms. The van der Waals surface area contributed by atoms with E-state index in [4.69, 9.17) is 0 Å². The molecule has 0 amide bonds. The molecule has 2 unspecified atom stereocenters. The van der Waals surface area contributed by atoms with E-state index in [1.54, 1.807) is 16.7 Å². The average Bonchev–Trinajstić information content (AvgIpc) is 3.59. The second-order valence-corrected chi connectivity index (χ2v) is 13.2. The van der Waals surface area contributed by atoms with E-state index in [0.29, 0.717) is 11.8 Å². The third-order valence-corrected chi connectivity index (χ3v) is 10.5. The Labute approximate surface area is 246 Å². The number of benzene rings is 2. The van der Waals surface area contributed by atoms with E-state index in [2.05, 4.69) is 101 Å². The molecule has 2 aromatic carbocycles. The topological polar surface area (TPSA) is 0 Å². The molecule has 2 aromatic rings. The highest BCUT2D eigenvalue weighted by atomic mass is 14.5. The van der Waals surface area contributed by atoms with Crippen LogP contribution in [0.3, 0.4) is 0 Å². The Kier molecular flexibility index (Phi) is 9.55. The number of rotatable bonds is 15. The molecule has 0 saturated carbocycles. The molecule has 0 fully saturated rings. The van der Waals surface area contributed by atoms with Gasteiger partial charge in [0, 0.05) is 22.7 Å². The van der Waals surface area contributed by atoms with Crippen LogP contribution in [0.25, 0.3) is 12.2 Å². The summed E-state index contributed by atoms with van der Waals surface area (Å²) in [7, 11) is 0. The zero-order chi connectivity index (χ0) is 28.0. The first-order valence-corrected chi connectivity index (χ1v) is 16.9. The van der Waals surface area contributed by atoms with Gasteiger partial charge in [-0.2, -0.15) is 0 Å². The molecule has 214 valence electrons. The van der Waals surface area contributed by atoms with Crippen molar-refractivity contribution in [2.45, 2.75) is 140 Å². The highest BCUT2D eigenvalue weighted by Crippen LogP contribution is 2.53. The first-order valence-electron chi connectivity index (χ1n) is 16.9. The van der Waals surface area contributed by atoms with Crippen LogP contribution in [0.4, 0.5) is 0 Å². The van der Waals surface area contributed by atoms with Crippen LogP contribution >= 0.6 is 0 Å². The number of fused-ring (bicyclic) bond motifs is 3. The average molecular weight is 535 g/mol. The summed E-state index contributed by atoms with van der Waals surface area (Å²) in [6, 6.07) is 14.4. The summed E-state index contributed by atoms with van der Waals surface area (Å²) < 4.78 is 0. The first-order chi connectivity index (χ1) is 19.6. The molecule has 0 bridgehead atoms. The van der Waals surface area contributed by atoms with Crippen LogP contribution in [0.2, 0.25) is 0 Å². The number of unbranched alkanes of at least 4 members (excludes halogenated alkanes) is 4. The summed E-state index contributed by atoms with van der Waals surface area (Å²) in [5.74, 6) is 1.11. The summed E-state index contributed by atoms with van der Waals surface area (Å²) in [4.78, 5) is 0. The maximum Gasteiger partial charge on any atom is 0.0135 e. The lowest BCUT2D eigenvalue weighted by Gasteiger charge is -2.45. The molecule has 2 atom stereocenters. The quantitative estimate of drug-likeness (QED) is 0.199. The molecule has 0 saturated heterocycles. The molecule has 0 aromatic heterocycles. The van der Waals surface area contributed by atoms with Crippen LogP contribution in [0.5, 0.6) is 0 Å². The van der Waals surface area contributed by atoms with Gasteiger partial charge in [-0.15, -0.1) is 0 Å². The predicted octanol–water partition coefficient (Wildman–Crippen LogP) is 12.2. The summed E-state index contributed by atoms with van der Waals surface area (Å²) >= 11 is 0. The second-order valence-electron chi connectivity index (χ2n) is 13.2. The van der Waals surface area contributed by atoms with E-state index in [9.17, 15) is 0 Å². The van der Waals surface area contributed by atoms with E-state index in [1.807, 2.05) is 0 Å². The zero-order valence-electron chi connectivity index (χ0n) is 26.0. The number of hydrogen-bond donors (Lipinski definition) is 0. The van der Waals surface area contributed by atoms with Gasteiger partial charge < -0.3 is 0 Å². The van der Waals surface area contributed by atoms with Crippen molar-refractivity contribution >= 4 is 12.2 Å². The van der Waals surface area contributed by atoms with Gasteiger partial charge >= 0.3 is 0 Å². The molecule has 0 aliphatic heterocycles. The molecule has 3 aliphatic rings. The fraction of sp³-hybridized carbons (Fsp3) is 0.550. The van der Waals surface area contributed by atoms with Gasteiger partial charge in [-0.25, -0.2) is 0 Å². The van der Waals surface area contributed by atoms with Crippen molar-refractivity contribution in [2.24, 2.45) is 0 Å². The van der Waals surface area contributed by atoms with Crippen LogP contribution in [-0.2, 0) is 10.8 Å². The van der Waals surface area contributed by atoms with Crippen LogP contribution < -0.4 is 0 Å². The van der Waals surface area contributed by atoms with E-state index in [-0.39, 0.29) is 10.8 Å². The van der Waals surface area contributed by atoms with Gasteiger partial charge in [0.15, 0.2) is 0 Å². The molecular weight excluding hydrogens is 480 g/mol. The minimum atomic E-state index is 0.207. The molecule has 40 heavy (non-hydrogen) atoms. The van der Waals surface area contributed by atoms with E-state index < -0.39 is 0 Å². The first kappa shape index (κ1) is 29.2. The fourth-order valence-corrected chi connectivity index (χ4v) is 8.02. The minimum absolute atomic E-state index is 0.207. The van der Waals surface area contributed by atoms with E-state index in [0.717, 1.165) is 0 Å². The van der Waals surface area contributed by atoms with Crippen LogP contribution in [0, 0.1) is 0 Å². The lowest BCUT2D eigenvalue weighted by atomic mass is 9.58. The standard InChI is InChI=1S/C40H54/c1-5-9-23-39(24-10-6-2)27-28-40(25-11-7-3,26-12-8-4)38-30-36-33(21-22-34(36)29-37(38)39)20-19-32-18-17-31-15-13-14-16-35(31)32/h13-18,21-22,27-30,32-33H,5-12,19-20,23-26H2,1-4H3. The highest BCUT2D eigenvalue weighted by Gasteiger charge is 2.43. The molecule has 0 radical (unpaired) electrons. The van der Waals surface area contributed by atoms with Crippen molar-refractivity contribution in [2.75, 3.05) is 0 Å². The lowest BCUT2D eigenvalue weighted by Crippen LogP contribution is -2.37. The van der Waals surface area contributed by atoms with Gasteiger partial charge in [0.2, 0.25) is 0 Å². The summed E-state index contributed by atoms with van der Waals surface area (Å²) in [6.07, 6.45) is 33.3. The van der Waals surface area contributed by atoms with Crippen molar-refractivity contribution < 1.29 is 0 Å². The Balaban J connectivity index is 1.52. The largest absolute Gasteiger partial charge is 0.0770 e. The van der Waals surface area contributed by atoms with Gasteiger partial charge in [0.25, 0.3) is 0 Å². The molecule has 0 heterocycles. The molecule has 3 aliphatic carbocycles. The summed E-state index contributed by atoms with van der Waals surface area (Å²) in [5, 5.41) is 0. The Morgan fingerprint density at radius 3 is 1.57 bits per heavy atom. The van der Waals surface area contributed by atoms with Crippen molar-refractivity contribution in [1.82, 2.24) is 0 Å². The van der Waals surface area contributed by atoms with Crippen LogP contribution in [-0.4, -0.2) is 0 Å². The lowest BCUT2D eigenvalue weighted by molar-refractivity contribution is 0.358. The number of hydrogen-bond acceptors (Lipinski definition) is 0. The predicted molar refractivity (Wildman–Crippen MR) is 176 cm³/mol. The van der Waals surface area contributed by atoms with Gasteiger partial charge in [0.05, 0.1) is 0 Å². The van der Waals surface area contributed by atoms with Gasteiger partial charge in [-0.1, -0.05) is 152 Å². The van der Waals surface area contributed by atoms with Crippen molar-refractivity contribution in [3.05, 3.63) is 94.1 Å². The second kappa shape index (κ2) is 13.1. The smallest absolute Gasteiger partial charge is 0.0135 e. The highest BCUT2D eigenvalue weighted by molar-refractivity contribution is 5.68. The van der Waals surface area contributed by atoms with Gasteiger partial charge in [-0.3, -0.25) is 0 Å². The molecule has 0 nitrogen and oxygen atoms in total. The van der Waals surface area contributed by atoms with Crippen molar-refractivity contribution in [3.8, 4) is 0 Å². The van der Waals surface area contributed by atoms with Crippen LogP contribution in [0.1, 0.15) is 163 Å². The third-order valence-electron chi connectivity index (χ3n) is 10.5. The summed E-state index contributed by atoms with van der Waals surface area (Å²) in [5.41, 5.74) is 9.89. The molecule has 5 rings (SSSR count).